The van der Waals surface area contributed by atoms with E-state index in [9.17, 15) is 19.8 Å². The van der Waals surface area contributed by atoms with Gasteiger partial charge in [-0.1, -0.05) is 103 Å². The molecule has 5 N–H and O–H groups in total. The van der Waals surface area contributed by atoms with Crippen molar-refractivity contribution < 1.29 is 34.5 Å². The molecule has 0 unspecified atom stereocenters. The fraction of sp³-hybridized carbons (Fsp3) is 0.381. The summed E-state index contributed by atoms with van der Waals surface area (Å²) in [6, 6.07) is 33.6. The van der Waals surface area contributed by atoms with Gasteiger partial charge in [0.1, 0.15) is 0 Å². The summed E-state index contributed by atoms with van der Waals surface area (Å²) in [7, 11) is 2.01. The molecule has 0 bridgehead atoms. The number of nitrogens with one attached hydrogen (secondary N) is 2. The van der Waals surface area contributed by atoms with Gasteiger partial charge in [0.25, 0.3) is 0 Å². The van der Waals surface area contributed by atoms with Crippen LogP contribution in [0.5, 0.6) is 0 Å². The third-order valence-corrected chi connectivity index (χ3v) is 9.77. The van der Waals surface area contributed by atoms with Gasteiger partial charge < -0.3 is 25.0 Å². The number of rotatable bonds is 17. The molecule has 0 radical (unpaired) electrons. The van der Waals surface area contributed by atoms with E-state index in [-0.39, 0.29) is 37.2 Å². The summed E-state index contributed by atoms with van der Waals surface area (Å²) in [5, 5.41) is 32.2. The van der Waals surface area contributed by atoms with Crippen LogP contribution in [0.25, 0.3) is 11.1 Å². The molecule has 1 aliphatic heterocycles. The quantitative estimate of drug-likeness (QED) is 0.0475. The Balaban J connectivity index is 1.23. The summed E-state index contributed by atoms with van der Waals surface area (Å²) in [4.78, 5) is 25.6. The molecule has 1 heterocycles. The molecule has 2 amide bonds. The predicted octanol–water partition coefficient (Wildman–Crippen LogP) is 6.52. The van der Waals surface area contributed by atoms with Crippen molar-refractivity contribution in [1.29, 1.82) is 0 Å². The van der Waals surface area contributed by atoms with Gasteiger partial charge in [0.05, 0.1) is 24.9 Å². The number of aliphatic hydroxyl groups is 2. The highest BCUT2D eigenvalue weighted by Gasteiger charge is 2.34. The van der Waals surface area contributed by atoms with E-state index in [1.807, 2.05) is 98.9 Å². The molecular weight excluding hydrogens is 658 g/mol. The Labute approximate surface area is 306 Å². The highest BCUT2D eigenvalue weighted by Crippen LogP contribution is 2.39. The number of hydrogen-bond acceptors (Lipinski definition) is 8. The molecule has 4 aromatic rings. The van der Waals surface area contributed by atoms with Crippen molar-refractivity contribution in [3.63, 3.8) is 0 Å². The van der Waals surface area contributed by atoms with Gasteiger partial charge in [0.2, 0.25) is 11.8 Å². The van der Waals surface area contributed by atoms with Gasteiger partial charge >= 0.3 is 0 Å². The van der Waals surface area contributed by atoms with Gasteiger partial charge in [-0.2, -0.15) is 0 Å². The van der Waals surface area contributed by atoms with Crippen LogP contribution >= 0.6 is 0 Å². The van der Waals surface area contributed by atoms with E-state index in [1.54, 1.807) is 5.48 Å². The normalized spacial score (nSPS) is 18.5. The molecule has 276 valence electrons. The average Bonchev–Trinajstić information content (AvgIpc) is 3.19. The lowest BCUT2D eigenvalue weighted by molar-refractivity contribution is -0.253. The smallest absolute Gasteiger partial charge is 0.243 e. The Kier molecular flexibility index (Phi) is 14.5. The van der Waals surface area contributed by atoms with Crippen LogP contribution in [0.15, 0.2) is 103 Å². The van der Waals surface area contributed by atoms with Crippen molar-refractivity contribution in [2.24, 2.45) is 0 Å². The maximum absolute atomic E-state index is 12.4. The second kappa shape index (κ2) is 19.4. The first-order valence-corrected chi connectivity index (χ1v) is 18.1. The van der Waals surface area contributed by atoms with Crippen LogP contribution in [0.1, 0.15) is 91.8 Å². The number of ether oxygens (including phenoxy) is 2. The largest absolute Gasteiger partial charge is 0.392 e. The summed E-state index contributed by atoms with van der Waals surface area (Å²) in [6.45, 7) is 3.02. The zero-order valence-electron chi connectivity index (χ0n) is 30.0. The molecule has 4 aromatic carbocycles. The van der Waals surface area contributed by atoms with Crippen molar-refractivity contribution in [2.45, 2.75) is 89.2 Å². The van der Waals surface area contributed by atoms with Gasteiger partial charge in [0.15, 0.2) is 6.29 Å². The molecule has 0 aromatic heterocycles. The van der Waals surface area contributed by atoms with E-state index in [2.05, 4.69) is 28.4 Å². The minimum absolute atomic E-state index is 0.0208. The SMILES string of the molecule is C[C@H]([C@@H](O)c1ccccc1)N(C)C[C@H]1C[C@@H](c2ccc(CO)cc2)O[C@@H](c2ccc(-c3cccc(CNC(=O)CCCCCC(=O)NO)c3)cc2)O1. The number of aliphatic hydroxyl groups excluding tert-OH is 2. The first-order valence-electron chi connectivity index (χ1n) is 18.1. The monoisotopic (exact) mass is 709 g/mol. The molecule has 5 rings (SSSR count). The maximum Gasteiger partial charge on any atom is 0.243 e. The fourth-order valence-corrected chi connectivity index (χ4v) is 6.48. The van der Waals surface area contributed by atoms with Gasteiger partial charge in [-0.15, -0.1) is 0 Å². The van der Waals surface area contributed by atoms with Crippen LogP contribution < -0.4 is 10.8 Å². The highest BCUT2D eigenvalue weighted by atomic mass is 16.7. The van der Waals surface area contributed by atoms with E-state index in [1.165, 1.54) is 0 Å². The third kappa shape index (κ3) is 11.0. The lowest BCUT2D eigenvalue weighted by Crippen LogP contribution is -2.43. The van der Waals surface area contributed by atoms with Gasteiger partial charge in [-0.3, -0.25) is 19.7 Å². The maximum atomic E-state index is 12.4. The van der Waals surface area contributed by atoms with Crippen molar-refractivity contribution in [3.8, 4) is 11.1 Å². The zero-order chi connectivity index (χ0) is 36.9. The van der Waals surface area contributed by atoms with Crippen molar-refractivity contribution >= 4 is 11.8 Å². The number of carbonyl (C=O) groups is 2. The first kappa shape index (κ1) is 38.8. The molecule has 52 heavy (non-hydrogen) atoms. The van der Waals surface area contributed by atoms with Crippen molar-refractivity contribution in [1.82, 2.24) is 15.7 Å². The molecule has 0 spiro atoms. The van der Waals surface area contributed by atoms with E-state index in [0.717, 1.165) is 45.4 Å². The van der Waals surface area contributed by atoms with Crippen molar-refractivity contribution in [2.75, 3.05) is 13.6 Å². The summed E-state index contributed by atoms with van der Waals surface area (Å²) in [5.74, 6) is -0.452. The lowest BCUT2D eigenvalue weighted by Gasteiger charge is -2.39. The summed E-state index contributed by atoms with van der Waals surface area (Å²) < 4.78 is 13.2. The number of amides is 2. The topological polar surface area (TPSA) is 141 Å². The highest BCUT2D eigenvalue weighted by molar-refractivity contribution is 5.76. The Morgan fingerprint density at radius 1 is 0.808 bits per heavy atom. The summed E-state index contributed by atoms with van der Waals surface area (Å²) in [5.41, 5.74) is 8.29. The third-order valence-electron chi connectivity index (χ3n) is 9.77. The van der Waals surface area contributed by atoms with Gasteiger partial charge in [0, 0.05) is 44.0 Å². The molecule has 0 saturated carbocycles. The molecule has 10 nitrogen and oxygen atoms in total. The molecule has 5 atom stereocenters. The van der Waals surface area contributed by atoms with Gasteiger partial charge in [-0.25, -0.2) is 5.48 Å². The molecule has 1 aliphatic rings. The first-order chi connectivity index (χ1) is 25.2. The molecule has 0 aliphatic carbocycles. The van der Waals surface area contributed by atoms with Crippen LogP contribution in [0.3, 0.4) is 0 Å². The van der Waals surface area contributed by atoms with Crippen LogP contribution in [0, 0.1) is 0 Å². The van der Waals surface area contributed by atoms with Crippen molar-refractivity contribution in [3.05, 3.63) is 131 Å². The van der Waals surface area contributed by atoms with E-state index >= 15 is 0 Å². The minimum Gasteiger partial charge on any atom is -0.392 e. The molecule has 1 fully saturated rings. The molecule has 1 saturated heterocycles. The van der Waals surface area contributed by atoms with Crippen LogP contribution in [0.2, 0.25) is 0 Å². The Bertz CT molecular complexity index is 1700. The van der Waals surface area contributed by atoms with E-state index < -0.39 is 18.3 Å². The van der Waals surface area contributed by atoms with Crippen LogP contribution in [0.4, 0.5) is 0 Å². The standard InChI is InChI=1S/C42H51N3O7/c1-29(41(49)34-11-5-3-6-12-34)45(2)27-37-25-38(33-18-16-30(28-46)17-19-33)52-42(51-37)35-22-20-32(21-23-35)36-13-9-10-31(24-36)26-43-39(47)14-7-4-8-15-40(48)44-50/h3,5-6,9-13,16-24,29,37-38,41-42,46,49-50H,4,7-8,14-15,25-28H2,1-2H3,(H,43,47)(H,44,48)/t29-,37-,38+,41-,42+/m1/s1. The number of unbranched alkanes of at least 4 members (excludes halogenated alkanes) is 2. The average molecular weight is 710 g/mol. The number of hydroxylamine groups is 1. The van der Waals surface area contributed by atoms with Gasteiger partial charge in [-0.05, 0) is 66.3 Å². The zero-order valence-corrected chi connectivity index (χ0v) is 30.0. The summed E-state index contributed by atoms with van der Waals surface area (Å²) in [6.07, 6.45) is 1.65. The van der Waals surface area contributed by atoms with E-state index in [0.29, 0.717) is 38.8 Å². The minimum atomic E-state index is -0.642. The number of carbonyl (C=O) groups excluding carboxylic acids is 2. The molecule has 10 heteroatoms. The number of hydrogen-bond donors (Lipinski definition) is 5. The second-order valence-electron chi connectivity index (χ2n) is 13.6. The van der Waals surface area contributed by atoms with E-state index in [4.69, 9.17) is 14.7 Å². The van der Waals surface area contributed by atoms with Crippen LogP contribution in [-0.2, 0) is 32.2 Å². The molecular formula is C42H51N3O7. The Morgan fingerprint density at radius 3 is 2.19 bits per heavy atom. The number of likely N-dealkylation sites (N-methyl/N-ethyl adjacent to an activating group) is 1. The number of benzene rings is 4. The summed E-state index contributed by atoms with van der Waals surface area (Å²) >= 11 is 0. The fourth-order valence-electron chi connectivity index (χ4n) is 6.48. The number of nitrogens with zero attached hydrogens (tertiary/aromatic N) is 1. The lowest BCUT2D eigenvalue weighted by atomic mass is 9.98. The Morgan fingerprint density at radius 2 is 1.50 bits per heavy atom. The predicted molar refractivity (Wildman–Crippen MR) is 199 cm³/mol. The Hall–Kier alpha value is -4.42. The second-order valence-corrected chi connectivity index (χ2v) is 13.6. The van der Waals surface area contributed by atoms with Crippen LogP contribution in [-0.4, -0.2) is 57.9 Å².